The van der Waals surface area contributed by atoms with Crippen molar-refractivity contribution in [3.63, 3.8) is 0 Å². The third-order valence-electron chi connectivity index (χ3n) is 4.03. The minimum absolute atomic E-state index is 0.0303. The lowest BCUT2D eigenvalue weighted by Crippen LogP contribution is -2.37. The highest BCUT2D eigenvalue weighted by molar-refractivity contribution is 7.89. The second kappa shape index (κ2) is 9.34. The molecule has 2 rings (SSSR count). The van der Waals surface area contributed by atoms with E-state index in [1.807, 2.05) is 0 Å². The van der Waals surface area contributed by atoms with Gasteiger partial charge in [0.15, 0.2) is 6.10 Å². The van der Waals surface area contributed by atoms with E-state index in [1.54, 1.807) is 43.4 Å². The van der Waals surface area contributed by atoms with E-state index in [4.69, 9.17) is 9.88 Å². The summed E-state index contributed by atoms with van der Waals surface area (Å²) in [6, 6.07) is 12.9. The van der Waals surface area contributed by atoms with Crippen LogP contribution in [0.15, 0.2) is 53.4 Å². The molecular weight excluding hydrogens is 382 g/mol. The number of carbonyl (C=O) groups is 2. The molecule has 0 aliphatic heterocycles. The van der Waals surface area contributed by atoms with Crippen molar-refractivity contribution in [1.29, 1.82) is 0 Å². The van der Waals surface area contributed by atoms with Gasteiger partial charge in [0.2, 0.25) is 10.0 Å². The standard InChI is InChI=1S/C19H23N3O5S/c1-13(27-19(24)16-5-3-4-6-17(16)21-2)18(23)22-12-11-14-7-9-15(10-8-14)28(20,25)26/h3-10,13,21H,11-12H2,1-2H3,(H,22,23)(H2,20,25,26). The number of benzene rings is 2. The minimum Gasteiger partial charge on any atom is -0.449 e. The molecule has 0 aliphatic carbocycles. The van der Waals surface area contributed by atoms with Gasteiger partial charge in [-0.05, 0) is 43.2 Å². The molecule has 2 aromatic carbocycles. The minimum atomic E-state index is -3.73. The first-order valence-corrected chi connectivity index (χ1v) is 10.1. The van der Waals surface area contributed by atoms with Crippen LogP contribution >= 0.6 is 0 Å². The average Bonchev–Trinajstić information content (AvgIpc) is 2.67. The molecule has 0 saturated heterocycles. The number of hydrogen-bond acceptors (Lipinski definition) is 6. The zero-order valence-electron chi connectivity index (χ0n) is 15.6. The number of carbonyl (C=O) groups excluding carboxylic acids is 2. The van der Waals surface area contributed by atoms with Gasteiger partial charge in [-0.2, -0.15) is 0 Å². The lowest BCUT2D eigenvalue weighted by Gasteiger charge is -2.15. The topological polar surface area (TPSA) is 128 Å². The van der Waals surface area contributed by atoms with Crippen molar-refractivity contribution in [2.24, 2.45) is 5.14 Å². The van der Waals surface area contributed by atoms with Crippen LogP contribution in [0.2, 0.25) is 0 Å². The fourth-order valence-corrected chi connectivity index (χ4v) is 2.99. The van der Waals surface area contributed by atoms with Crippen LogP contribution in [-0.2, 0) is 26.0 Å². The number of amides is 1. The first kappa shape index (κ1) is 21.4. The number of primary sulfonamides is 1. The Hall–Kier alpha value is -2.91. The molecule has 0 saturated carbocycles. The largest absolute Gasteiger partial charge is 0.449 e. The first-order chi connectivity index (χ1) is 13.2. The predicted octanol–water partition coefficient (Wildman–Crippen LogP) is 1.28. The fourth-order valence-electron chi connectivity index (χ4n) is 2.48. The number of nitrogens with one attached hydrogen (secondary N) is 2. The number of ether oxygens (including phenoxy) is 1. The highest BCUT2D eigenvalue weighted by atomic mass is 32.2. The van der Waals surface area contributed by atoms with Gasteiger partial charge in [-0.15, -0.1) is 0 Å². The van der Waals surface area contributed by atoms with Crippen LogP contribution in [0.3, 0.4) is 0 Å². The van der Waals surface area contributed by atoms with E-state index in [2.05, 4.69) is 10.6 Å². The average molecular weight is 405 g/mol. The van der Waals surface area contributed by atoms with Crippen molar-refractivity contribution in [3.05, 3.63) is 59.7 Å². The summed E-state index contributed by atoms with van der Waals surface area (Å²) in [7, 11) is -2.03. The van der Waals surface area contributed by atoms with Gasteiger partial charge in [0, 0.05) is 19.3 Å². The molecule has 9 heteroatoms. The summed E-state index contributed by atoms with van der Waals surface area (Å²) in [6.07, 6.45) is -0.470. The van der Waals surface area contributed by atoms with Gasteiger partial charge < -0.3 is 15.4 Å². The van der Waals surface area contributed by atoms with E-state index in [-0.39, 0.29) is 4.90 Å². The third-order valence-corrected chi connectivity index (χ3v) is 4.96. The Labute approximate surface area is 164 Å². The van der Waals surface area contributed by atoms with Gasteiger partial charge in [0.1, 0.15) is 0 Å². The molecule has 28 heavy (non-hydrogen) atoms. The Morgan fingerprint density at radius 1 is 1.11 bits per heavy atom. The van der Waals surface area contributed by atoms with Gasteiger partial charge in [0.25, 0.3) is 5.91 Å². The van der Waals surface area contributed by atoms with Gasteiger partial charge in [-0.3, -0.25) is 4.79 Å². The molecule has 1 atom stereocenters. The van der Waals surface area contributed by atoms with Crippen LogP contribution in [0, 0.1) is 0 Å². The number of sulfonamides is 1. The highest BCUT2D eigenvalue weighted by Crippen LogP contribution is 2.16. The van der Waals surface area contributed by atoms with E-state index in [1.165, 1.54) is 19.1 Å². The van der Waals surface area contributed by atoms with Crippen LogP contribution in [0.5, 0.6) is 0 Å². The van der Waals surface area contributed by atoms with E-state index in [9.17, 15) is 18.0 Å². The van der Waals surface area contributed by atoms with E-state index in [0.717, 1.165) is 5.56 Å². The van der Waals surface area contributed by atoms with Crippen LogP contribution in [0.4, 0.5) is 5.69 Å². The molecule has 150 valence electrons. The highest BCUT2D eigenvalue weighted by Gasteiger charge is 2.20. The number of nitrogens with two attached hydrogens (primary N) is 1. The van der Waals surface area contributed by atoms with Crippen LogP contribution in [0.1, 0.15) is 22.8 Å². The van der Waals surface area contributed by atoms with E-state index >= 15 is 0 Å². The number of rotatable bonds is 8. The Morgan fingerprint density at radius 2 is 1.75 bits per heavy atom. The normalized spacial score (nSPS) is 12.1. The molecule has 4 N–H and O–H groups in total. The second-order valence-electron chi connectivity index (χ2n) is 6.07. The van der Waals surface area contributed by atoms with Crippen molar-refractivity contribution in [1.82, 2.24) is 5.32 Å². The van der Waals surface area contributed by atoms with Crippen molar-refractivity contribution in [2.45, 2.75) is 24.3 Å². The summed E-state index contributed by atoms with van der Waals surface area (Å²) in [6.45, 7) is 1.80. The summed E-state index contributed by atoms with van der Waals surface area (Å²) in [5.74, 6) is -1.01. The maximum absolute atomic E-state index is 12.2. The molecule has 0 heterocycles. The zero-order chi connectivity index (χ0) is 20.7. The van der Waals surface area contributed by atoms with Crippen molar-refractivity contribution >= 4 is 27.6 Å². The zero-order valence-corrected chi connectivity index (χ0v) is 16.5. The van der Waals surface area contributed by atoms with Gasteiger partial charge in [-0.1, -0.05) is 24.3 Å². The van der Waals surface area contributed by atoms with Crippen LogP contribution in [0.25, 0.3) is 0 Å². The van der Waals surface area contributed by atoms with Gasteiger partial charge >= 0.3 is 5.97 Å². The van der Waals surface area contributed by atoms with Crippen molar-refractivity contribution in [2.75, 3.05) is 18.9 Å². The molecule has 0 radical (unpaired) electrons. The first-order valence-electron chi connectivity index (χ1n) is 8.59. The molecule has 0 bridgehead atoms. The molecule has 0 aliphatic rings. The summed E-state index contributed by atoms with van der Waals surface area (Å²) >= 11 is 0. The summed E-state index contributed by atoms with van der Waals surface area (Å²) < 4.78 is 27.7. The Kier molecular flexibility index (Phi) is 7.13. The quantitative estimate of drug-likeness (QED) is 0.568. The molecule has 8 nitrogen and oxygen atoms in total. The Morgan fingerprint density at radius 3 is 2.36 bits per heavy atom. The number of hydrogen-bond donors (Lipinski definition) is 3. The van der Waals surface area contributed by atoms with E-state index in [0.29, 0.717) is 24.2 Å². The number of esters is 1. The smallest absolute Gasteiger partial charge is 0.341 e. The molecule has 0 spiro atoms. The van der Waals surface area contributed by atoms with Crippen molar-refractivity contribution in [3.8, 4) is 0 Å². The lowest BCUT2D eigenvalue weighted by atomic mass is 10.1. The fraction of sp³-hybridized carbons (Fsp3) is 0.263. The van der Waals surface area contributed by atoms with E-state index < -0.39 is 28.0 Å². The lowest BCUT2D eigenvalue weighted by molar-refractivity contribution is -0.129. The molecule has 1 amide bonds. The van der Waals surface area contributed by atoms with Gasteiger partial charge in [-0.25, -0.2) is 18.4 Å². The molecule has 1 unspecified atom stereocenters. The second-order valence-corrected chi connectivity index (χ2v) is 7.63. The molecule has 0 fully saturated rings. The van der Waals surface area contributed by atoms with Crippen LogP contribution < -0.4 is 15.8 Å². The molecule has 2 aromatic rings. The number of anilines is 1. The predicted molar refractivity (Wildman–Crippen MR) is 105 cm³/mol. The summed E-state index contributed by atoms with van der Waals surface area (Å²) in [4.78, 5) is 24.4. The van der Waals surface area contributed by atoms with Crippen molar-refractivity contribution < 1.29 is 22.7 Å². The van der Waals surface area contributed by atoms with Crippen LogP contribution in [-0.4, -0.2) is 40.0 Å². The van der Waals surface area contributed by atoms with Gasteiger partial charge in [0.05, 0.1) is 10.5 Å². The Bertz CT molecular complexity index is 942. The maximum atomic E-state index is 12.2. The molecule has 0 aromatic heterocycles. The maximum Gasteiger partial charge on any atom is 0.341 e. The summed E-state index contributed by atoms with van der Waals surface area (Å²) in [5.41, 5.74) is 1.79. The molecular formula is C19H23N3O5S. The Balaban J connectivity index is 1.85. The number of para-hydroxylation sites is 1. The monoisotopic (exact) mass is 405 g/mol. The SMILES string of the molecule is CNc1ccccc1C(=O)OC(C)C(=O)NCCc1ccc(S(N)(=O)=O)cc1. The summed E-state index contributed by atoms with van der Waals surface area (Å²) in [5, 5.41) is 10.6. The third kappa shape index (κ3) is 5.80.